The van der Waals surface area contributed by atoms with Gasteiger partial charge in [-0.2, -0.15) is 13.2 Å². The number of methoxy groups -OCH3 is 1. The fraction of sp³-hybridized carbons (Fsp3) is 0.238. The van der Waals surface area contributed by atoms with Crippen LogP contribution in [0, 0.1) is 0 Å². The number of pyridine rings is 1. The molecule has 1 fully saturated rings. The van der Waals surface area contributed by atoms with Gasteiger partial charge in [-0.05, 0) is 47.7 Å². The first-order valence-corrected chi connectivity index (χ1v) is 11.3. The van der Waals surface area contributed by atoms with Gasteiger partial charge in [-0.25, -0.2) is 4.98 Å². The topological polar surface area (TPSA) is 88.6 Å². The summed E-state index contributed by atoms with van der Waals surface area (Å²) < 4.78 is 42.6. The summed E-state index contributed by atoms with van der Waals surface area (Å²) in [6.07, 6.45) is -1.52. The van der Waals surface area contributed by atoms with Crippen molar-refractivity contribution in [3.63, 3.8) is 0 Å². The largest absolute Gasteiger partial charge is 0.497 e. The van der Waals surface area contributed by atoms with Crippen LogP contribution in [0.1, 0.15) is 15.9 Å². The number of thioether (sulfide) groups is 2. The van der Waals surface area contributed by atoms with Gasteiger partial charge in [-0.3, -0.25) is 19.3 Å². The van der Waals surface area contributed by atoms with E-state index in [-0.39, 0.29) is 28.6 Å². The molecule has 12 heteroatoms. The first-order chi connectivity index (χ1) is 15.7. The molecular weight excluding hydrogens is 479 g/mol. The number of carbonyl (C=O) groups is 3. The second-order valence-electron chi connectivity index (χ2n) is 6.62. The molecule has 1 aromatic carbocycles. The highest BCUT2D eigenvalue weighted by atomic mass is 32.2. The molecule has 33 heavy (non-hydrogen) atoms. The number of hydrogen-bond acceptors (Lipinski definition) is 7. The van der Waals surface area contributed by atoms with Gasteiger partial charge >= 0.3 is 6.18 Å². The van der Waals surface area contributed by atoms with Gasteiger partial charge in [0.25, 0.3) is 17.1 Å². The molecule has 0 atom stereocenters. The number of halogens is 3. The molecule has 0 radical (unpaired) electrons. The lowest BCUT2D eigenvalue weighted by molar-refractivity contribution is -0.122. The fourth-order valence-electron chi connectivity index (χ4n) is 2.75. The van der Waals surface area contributed by atoms with Crippen molar-refractivity contribution in [2.75, 3.05) is 26.0 Å². The molecule has 2 heterocycles. The number of carbonyl (C=O) groups excluding carboxylic acids is 3. The van der Waals surface area contributed by atoms with Crippen molar-refractivity contribution < 1.29 is 32.3 Å². The molecule has 1 aromatic heterocycles. The van der Waals surface area contributed by atoms with Gasteiger partial charge in [-0.15, -0.1) is 0 Å². The SMILES string of the molecule is COc1ccc(/C=C2/SC(=O)N(CCNC(=O)c3cccnc3SCC(F)(F)F)C2=O)cc1. The summed E-state index contributed by atoms with van der Waals surface area (Å²) in [6.45, 7) is -0.146. The maximum absolute atomic E-state index is 12.6. The lowest BCUT2D eigenvalue weighted by atomic mass is 10.2. The van der Waals surface area contributed by atoms with E-state index in [1.54, 1.807) is 30.3 Å². The van der Waals surface area contributed by atoms with Crippen LogP contribution in [0.25, 0.3) is 6.08 Å². The summed E-state index contributed by atoms with van der Waals surface area (Å²) in [7, 11) is 1.54. The van der Waals surface area contributed by atoms with Gasteiger partial charge < -0.3 is 10.1 Å². The standard InChI is InChI=1S/C21H18F3N3O4S2/c1-31-14-6-4-13(5-7-14)11-16-19(29)27(20(30)33-16)10-9-25-17(28)15-3-2-8-26-18(15)32-12-21(22,23)24/h2-8,11H,9-10,12H2,1H3,(H,25,28)/b16-11+. The Morgan fingerprint density at radius 1 is 1.24 bits per heavy atom. The highest BCUT2D eigenvalue weighted by Gasteiger charge is 2.34. The van der Waals surface area contributed by atoms with Gasteiger partial charge in [0.1, 0.15) is 10.8 Å². The van der Waals surface area contributed by atoms with Crippen molar-refractivity contribution in [2.24, 2.45) is 0 Å². The molecule has 0 spiro atoms. The van der Waals surface area contributed by atoms with E-state index >= 15 is 0 Å². The summed E-state index contributed by atoms with van der Waals surface area (Å²) in [5.74, 6) is -1.65. The van der Waals surface area contributed by atoms with Crippen molar-refractivity contribution in [3.05, 3.63) is 58.6 Å². The van der Waals surface area contributed by atoms with Crippen LogP contribution in [-0.4, -0.2) is 59.1 Å². The minimum absolute atomic E-state index is 0.0136. The van der Waals surface area contributed by atoms with E-state index in [9.17, 15) is 27.6 Å². The zero-order valence-electron chi connectivity index (χ0n) is 17.2. The van der Waals surface area contributed by atoms with Crippen molar-refractivity contribution in [1.82, 2.24) is 15.2 Å². The lowest BCUT2D eigenvalue weighted by Gasteiger charge is -2.14. The third-order valence-electron chi connectivity index (χ3n) is 4.30. The maximum Gasteiger partial charge on any atom is 0.398 e. The van der Waals surface area contributed by atoms with Crippen LogP contribution in [0.15, 0.2) is 52.5 Å². The van der Waals surface area contributed by atoms with Crippen molar-refractivity contribution in [1.29, 1.82) is 0 Å². The highest BCUT2D eigenvalue weighted by Crippen LogP contribution is 2.32. The zero-order valence-corrected chi connectivity index (χ0v) is 18.9. The average Bonchev–Trinajstić information content (AvgIpc) is 3.05. The molecular formula is C21H18F3N3O4S2. The Hall–Kier alpha value is -2.99. The monoisotopic (exact) mass is 497 g/mol. The molecule has 2 aromatic rings. The quantitative estimate of drug-likeness (QED) is 0.432. The minimum atomic E-state index is -4.40. The summed E-state index contributed by atoms with van der Waals surface area (Å²) in [5.41, 5.74) is 0.704. The van der Waals surface area contributed by atoms with Crippen LogP contribution in [0.3, 0.4) is 0 Å². The number of nitrogens with one attached hydrogen (secondary N) is 1. The highest BCUT2D eigenvalue weighted by molar-refractivity contribution is 8.18. The van der Waals surface area contributed by atoms with Crippen molar-refractivity contribution >= 4 is 46.7 Å². The van der Waals surface area contributed by atoms with Crippen LogP contribution in [-0.2, 0) is 4.79 Å². The van der Waals surface area contributed by atoms with Gasteiger partial charge in [0.15, 0.2) is 0 Å². The normalized spacial score (nSPS) is 15.3. The lowest BCUT2D eigenvalue weighted by Crippen LogP contribution is -2.37. The Bertz CT molecular complexity index is 1080. The van der Waals surface area contributed by atoms with Crippen LogP contribution in [0.4, 0.5) is 18.0 Å². The van der Waals surface area contributed by atoms with E-state index in [0.29, 0.717) is 17.5 Å². The number of benzene rings is 1. The molecule has 1 aliphatic heterocycles. The molecule has 0 saturated carbocycles. The third kappa shape index (κ3) is 6.75. The van der Waals surface area contributed by atoms with Gasteiger partial charge in [-0.1, -0.05) is 23.9 Å². The molecule has 1 N–H and O–H groups in total. The number of ether oxygens (including phenoxy) is 1. The maximum atomic E-state index is 12.6. The Labute approximate surface area is 195 Å². The van der Waals surface area contributed by atoms with E-state index in [1.807, 2.05) is 0 Å². The van der Waals surface area contributed by atoms with Crippen molar-refractivity contribution in [2.45, 2.75) is 11.2 Å². The number of nitrogens with zero attached hydrogens (tertiary/aromatic N) is 2. The zero-order chi connectivity index (χ0) is 24.0. The molecule has 1 saturated heterocycles. The summed E-state index contributed by atoms with van der Waals surface area (Å²) >= 11 is 1.20. The smallest absolute Gasteiger partial charge is 0.398 e. The van der Waals surface area contributed by atoms with Gasteiger partial charge in [0.2, 0.25) is 0 Å². The minimum Gasteiger partial charge on any atom is -0.497 e. The van der Waals surface area contributed by atoms with Crippen LogP contribution in [0.2, 0.25) is 0 Å². The Morgan fingerprint density at radius 2 is 1.97 bits per heavy atom. The first kappa shape index (κ1) is 24.6. The number of amides is 3. The fourth-order valence-corrected chi connectivity index (χ4v) is 4.37. The average molecular weight is 498 g/mol. The Balaban J connectivity index is 1.58. The summed E-state index contributed by atoms with van der Waals surface area (Å²) in [6, 6.07) is 9.74. The van der Waals surface area contributed by atoms with E-state index in [0.717, 1.165) is 22.2 Å². The van der Waals surface area contributed by atoms with Crippen molar-refractivity contribution in [3.8, 4) is 5.75 Å². The van der Waals surface area contributed by atoms with Gasteiger partial charge in [0.05, 0.1) is 23.3 Å². The second kappa shape index (κ2) is 10.8. The van der Waals surface area contributed by atoms with E-state index in [2.05, 4.69) is 10.3 Å². The molecule has 0 unspecified atom stereocenters. The van der Waals surface area contributed by atoms with Crippen LogP contribution in [0.5, 0.6) is 5.75 Å². The van der Waals surface area contributed by atoms with Gasteiger partial charge in [0, 0.05) is 19.3 Å². The molecule has 1 aliphatic rings. The number of alkyl halides is 3. The number of imide groups is 1. The molecule has 174 valence electrons. The van der Waals surface area contributed by atoms with E-state index in [4.69, 9.17) is 4.74 Å². The summed E-state index contributed by atoms with van der Waals surface area (Å²) in [5, 5.41) is 1.99. The summed E-state index contributed by atoms with van der Waals surface area (Å²) in [4.78, 5) is 42.3. The van der Waals surface area contributed by atoms with Crippen LogP contribution >= 0.6 is 23.5 Å². The first-order valence-electron chi connectivity index (χ1n) is 9.50. The Morgan fingerprint density at radius 3 is 2.64 bits per heavy atom. The number of rotatable bonds is 8. The molecule has 7 nitrogen and oxygen atoms in total. The van der Waals surface area contributed by atoms with E-state index in [1.165, 1.54) is 25.4 Å². The second-order valence-corrected chi connectivity index (χ2v) is 8.58. The molecule has 3 amide bonds. The molecule has 3 rings (SSSR count). The predicted molar refractivity (Wildman–Crippen MR) is 119 cm³/mol. The number of hydrogen-bond donors (Lipinski definition) is 1. The molecule has 0 bridgehead atoms. The van der Waals surface area contributed by atoms with Crippen LogP contribution < -0.4 is 10.1 Å². The predicted octanol–water partition coefficient (Wildman–Crippen LogP) is 4.21. The molecule has 0 aliphatic carbocycles. The number of aromatic nitrogens is 1. The Kier molecular flexibility index (Phi) is 8.03. The third-order valence-corrected chi connectivity index (χ3v) is 6.27. The van der Waals surface area contributed by atoms with E-state index < -0.39 is 29.0 Å².